The normalized spacial score (nSPS) is 8.55. The fourth-order valence-corrected chi connectivity index (χ4v) is 2.66. The first-order chi connectivity index (χ1) is 8.16. The molecule has 0 saturated carbocycles. The van der Waals surface area contributed by atoms with Crippen LogP contribution in [0.2, 0.25) is 5.02 Å². The second-order valence-corrected chi connectivity index (χ2v) is 5.18. The third kappa shape index (κ3) is 6.45. The zero-order valence-electron chi connectivity index (χ0n) is 10.7. The van der Waals surface area contributed by atoms with Gasteiger partial charge in [0.15, 0.2) is 0 Å². The number of aryl methyl sites for hydroxylation is 1. The predicted molar refractivity (Wildman–Crippen MR) is 79.0 cm³/mol. The van der Waals surface area contributed by atoms with Crippen LogP contribution in [0.25, 0.3) is 10.8 Å². The topological polar surface area (TPSA) is 0 Å². The van der Waals surface area contributed by atoms with Crippen LogP contribution in [0.5, 0.6) is 0 Å². The van der Waals surface area contributed by atoms with E-state index in [9.17, 15) is 0 Å². The number of halogens is 4. The van der Waals surface area contributed by atoms with E-state index in [-0.39, 0.29) is 51.0 Å². The van der Waals surface area contributed by atoms with Crippen LogP contribution in [0.3, 0.4) is 0 Å². The second-order valence-electron chi connectivity index (χ2n) is 3.89. The van der Waals surface area contributed by atoms with Gasteiger partial charge in [-0.15, -0.1) is 28.5 Å². The predicted octanol–water partition coefficient (Wildman–Crippen LogP) is -0.306. The summed E-state index contributed by atoms with van der Waals surface area (Å²) < 4.78 is 1.07. The van der Waals surface area contributed by atoms with Crippen molar-refractivity contribution in [1.82, 2.24) is 0 Å². The summed E-state index contributed by atoms with van der Waals surface area (Å²) in [6.07, 6.45) is 0. The van der Waals surface area contributed by atoms with Crippen molar-refractivity contribution in [2.45, 2.75) is 6.92 Å². The molecule has 0 aromatic heterocycles. The fourth-order valence-electron chi connectivity index (χ4n) is 1.71. The van der Waals surface area contributed by atoms with E-state index in [2.05, 4.69) is 35.0 Å². The van der Waals surface area contributed by atoms with Gasteiger partial charge in [0.2, 0.25) is 0 Å². The molecular weight excluding hydrogens is 458 g/mol. The van der Waals surface area contributed by atoms with Gasteiger partial charge in [0, 0.05) is 5.02 Å². The molecule has 0 nitrogen and oxygen atoms in total. The molecule has 0 radical (unpaired) electrons. The number of hydrogen-bond donors (Lipinski definition) is 0. The Morgan fingerprint density at radius 2 is 1.65 bits per heavy atom. The fraction of sp³-hybridized carbons (Fsp3) is 0.0667. The summed E-state index contributed by atoms with van der Waals surface area (Å²) in [4.78, 5) is 0. The van der Waals surface area contributed by atoms with Crippen LogP contribution in [0.1, 0.15) is 5.56 Å². The maximum atomic E-state index is 5.90. The van der Waals surface area contributed by atoms with Gasteiger partial charge >= 0.3 is 26.2 Å². The van der Waals surface area contributed by atoms with E-state index < -0.39 is 0 Å². The zero-order valence-corrected chi connectivity index (χ0v) is 17.0. The zero-order chi connectivity index (χ0) is 12.3. The van der Waals surface area contributed by atoms with Gasteiger partial charge in [-0.25, -0.2) is 12.1 Å². The largest absolute Gasteiger partial charge is 4.00 e. The molecule has 0 aliphatic carbocycles. The third-order valence-electron chi connectivity index (χ3n) is 2.44. The summed E-state index contributed by atoms with van der Waals surface area (Å²) in [5.74, 6) is 0. The monoisotopic (exact) mass is 466 g/mol. The summed E-state index contributed by atoms with van der Waals surface area (Å²) in [6.45, 7) is 2.08. The number of hydrogen-bond acceptors (Lipinski definition) is 0. The molecule has 0 spiro atoms. The molecule has 3 aromatic rings. The second kappa shape index (κ2) is 11.0. The van der Waals surface area contributed by atoms with Crippen LogP contribution in [0.4, 0.5) is 0 Å². The van der Waals surface area contributed by atoms with E-state index in [0.717, 1.165) is 9.50 Å². The van der Waals surface area contributed by atoms with E-state index in [0.29, 0.717) is 0 Å². The van der Waals surface area contributed by atoms with Gasteiger partial charge in [-0.05, 0) is 10.5 Å². The summed E-state index contributed by atoms with van der Waals surface area (Å²) in [5.41, 5.74) is 1.27. The third-order valence-corrected chi connectivity index (χ3v) is 3.31. The minimum absolute atomic E-state index is 0. The number of fused-ring (bicyclic) bond motifs is 1. The van der Waals surface area contributed by atoms with Crippen molar-refractivity contribution in [3.63, 3.8) is 0 Å². The molecule has 0 heterocycles. The molecule has 5 heteroatoms. The number of benzene rings is 1. The molecule has 3 aromatic carbocycles. The van der Waals surface area contributed by atoms with Crippen molar-refractivity contribution < 1.29 is 51.0 Å². The summed E-state index contributed by atoms with van der Waals surface area (Å²) in [5, 5.41) is 3.21. The van der Waals surface area contributed by atoms with Gasteiger partial charge in [0.25, 0.3) is 0 Å². The van der Waals surface area contributed by atoms with Gasteiger partial charge in [0.05, 0.1) is 0 Å². The molecule has 0 N–H and O–H groups in total. The minimum Gasteiger partial charge on any atom is -1.00 e. The number of rotatable bonds is 0. The average Bonchev–Trinajstić information content (AvgIpc) is 2.88. The van der Waals surface area contributed by atoms with Crippen LogP contribution in [0.15, 0.2) is 59.1 Å². The first-order valence-corrected chi connectivity index (χ1v) is 6.52. The van der Waals surface area contributed by atoms with Crippen LogP contribution in [0, 0.1) is 6.92 Å². The Morgan fingerprint density at radius 3 is 2.15 bits per heavy atom. The maximum Gasteiger partial charge on any atom is 4.00 e. The van der Waals surface area contributed by atoms with Crippen molar-refractivity contribution in [2.75, 3.05) is 0 Å². The van der Waals surface area contributed by atoms with Gasteiger partial charge in [0.1, 0.15) is 0 Å². The first kappa shape index (κ1) is 22.7. The molecule has 0 fully saturated rings. The standard InChI is InChI=1S/C10H7BrCl.C5H5.2ClH.Zr/c1-6-2-7-4-8(12)5-10(11)9(7)3-6;1-2-4-5-3-1;;;/h2-5H,1H3;1-5H;2*1H;/q2*-1;;;+4/p-2. The SMILES string of the molecule is Cc1cc2c(Br)cc(Cl)cc2[cH-]1.[Cl-].[Cl-].[Zr+4].c1cc[cH-]c1. The van der Waals surface area contributed by atoms with Crippen molar-refractivity contribution in [3.05, 3.63) is 69.7 Å². The Kier molecular flexibility index (Phi) is 12.5. The maximum absolute atomic E-state index is 5.90. The summed E-state index contributed by atoms with van der Waals surface area (Å²) in [7, 11) is 0. The van der Waals surface area contributed by atoms with Crippen molar-refractivity contribution in [1.29, 1.82) is 0 Å². The molecular formula is C15H12BrCl3Zr. The van der Waals surface area contributed by atoms with Crippen LogP contribution >= 0.6 is 27.5 Å². The quantitative estimate of drug-likeness (QED) is 0.397. The van der Waals surface area contributed by atoms with Crippen LogP contribution < -0.4 is 24.8 Å². The van der Waals surface area contributed by atoms with Gasteiger partial charge in [-0.2, -0.15) is 24.3 Å². The van der Waals surface area contributed by atoms with Crippen molar-refractivity contribution >= 4 is 38.3 Å². The van der Waals surface area contributed by atoms with Crippen molar-refractivity contribution in [2.24, 2.45) is 0 Å². The smallest absolute Gasteiger partial charge is 1.00 e. The molecule has 0 aliphatic heterocycles. The van der Waals surface area contributed by atoms with Gasteiger partial charge in [-0.1, -0.05) is 34.5 Å². The Balaban J connectivity index is 0. The average molecular weight is 470 g/mol. The molecule has 0 unspecified atom stereocenters. The molecule has 0 amide bonds. The molecule has 0 aliphatic rings. The molecule has 104 valence electrons. The molecule has 3 rings (SSSR count). The molecule has 0 bridgehead atoms. The Bertz CT molecular complexity index is 586. The minimum atomic E-state index is 0. The summed E-state index contributed by atoms with van der Waals surface area (Å²) >= 11 is 9.38. The van der Waals surface area contributed by atoms with Crippen LogP contribution in [-0.2, 0) is 26.2 Å². The van der Waals surface area contributed by atoms with Gasteiger partial charge < -0.3 is 24.8 Å². The van der Waals surface area contributed by atoms with Crippen molar-refractivity contribution in [3.8, 4) is 0 Å². The van der Waals surface area contributed by atoms with E-state index in [1.165, 1.54) is 16.3 Å². The Morgan fingerprint density at radius 1 is 1.05 bits per heavy atom. The molecule has 0 atom stereocenters. The van der Waals surface area contributed by atoms with E-state index in [1.807, 2.05) is 42.5 Å². The molecule has 0 saturated heterocycles. The van der Waals surface area contributed by atoms with E-state index in [1.54, 1.807) is 0 Å². The Labute approximate surface area is 164 Å². The van der Waals surface area contributed by atoms with E-state index >= 15 is 0 Å². The Hall–Kier alpha value is 0.413. The summed E-state index contributed by atoms with van der Waals surface area (Å²) in [6, 6.07) is 18.2. The van der Waals surface area contributed by atoms with E-state index in [4.69, 9.17) is 11.6 Å². The van der Waals surface area contributed by atoms with Gasteiger partial charge in [-0.3, -0.25) is 0 Å². The molecule has 20 heavy (non-hydrogen) atoms. The van der Waals surface area contributed by atoms with Crippen LogP contribution in [-0.4, -0.2) is 0 Å². The first-order valence-electron chi connectivity index (χ1n) is 5.35.